The first-order valence-corrected chi connectivity index (χ1v) is 7.50. The summed E-state index contributed by atoms with van der Waals surface area (Å²) in [5, 5.41) is 0.257. The average molecular weight is 315 g/mol. The van der Waals surface area contributed by atoms with E-state index in [4.69, 9.17) is 17.3 Å². The lowest BCUT2D eigenvalue weighted by atomic mass is 10.2. The standard InChI is InChI=1S/C13H12ClFN2O2S/c1-8-6-12(16)11(14)7-13(8)17-20(18,19)10-4-2-9(15)3-5-10/h2-7,17H,16H2,1H3. The number of rotatable bonds is 3. The minimum Gasteiger partial charge on any atom is -0.398 e. The fraction of sp³-hybridized carbons (Fsp3) is 0.0769. The Morgan fingerprint density at radius 1 is 1.20 bits per heavy atom. The molecule has 2 rings (SSSR count). The van der Waals surface area contributed by atoms with E-state index in [0.29, 0.717) is 16.9 Å². The lowest BCUT2D eigenvalue weighted by Crippen LogP contribution is -2.14. The normalized spacial score (nSPS) is 11.3. The zero-order valence-electron chi connectivity index (χ0n) is 10.5. The Hall–Kier alpha value is -1.79. The van der Waals surface area contributed by atoms with Crippen LogP contribution >= 0.6 is 11.6 Å². The van der Waals surface area contributed by atoms with Gasteiger partial charge in [-0.1, -0.05) is 11.6 Å². The fourth-order valence-electron chi connectivity index (χ4n) is 1.63. The molecular weight excluding hydrogens is 303 g/mol. The molecular formula is C13H12ClFN2O2S. The zero-order chi connectivity index (χ0) is 14.9. The van der Waals surface area contributed by atoms with Gasteiger partial charge in [0.25, 0.3) is 10.0 Å². The van der Waals surface area contributed by atoms with Crippen molar-refractivity contribution in [2.45, 2.75) is 11.8 Å². The number of benzene rings is 2. The van der Waals surface area contributed by atoms with Crippen molar-refractivity contribution in [2.24, 2.45) is 0 Å². The van der Waals surface area contributed by atoms with Gasteiger partial charge in [-0.3, -0.25) is 4.72 Å². The number of anilines is 2. The van der Waals surface area contributed by atoms with Crippen molar-refractivity contribution in [1.29, 1.82) is 0 Å². The third kappa shape index (κ3) is 3.02. The molecule has 0 heterocycles. The van der Waals surface area contributed by atoms with Gasteiger partial charge in [-0.05, 0) is 48.9 Å². The molecule has 2 aromatic rings. The summed E-state index contributed by atoms with van der Waals surface area (Å²) in [5.41, 5.74) is 6.96. The highest BCUT2D eigenvalue weighted by Crippen LogP contribution is 2.28. The molecule has 0 spiro atoms. The molecule has 0 aliphatic heterocycles. The molecule has 0 saturated heterocycles. The summed E-state index contributed by atoms with van der Waals surface area (Å²) >= 11 is 5.87. The summed E-state index contributed by atoms with van der Waals surface area (Å²) in [6.07, 6.45) is 0. The minimum absolute atomic E-state index is 0.0359. The van der Waals surface area contributed by atoms with Crippen LogP contribution in [0.2, 0.25) is 5.02 Å². The van der Waals surface area contributed by atoms with Gasteiger partial charge in [-0.15, -0.1) is 0 Å². The summed E-state index contributed by atoms with van der Waals surface area (Å²) in [6.45, 7) is 1.70. The Bertz CT molecular complexity index is 746. The summed E-state index contributed by atoms with van der Waals surface area (Å²) in [4.78, 5) is -0.0359. The highest BCUT2D eigenvalue weighted by atomic mass is 35.5. The molecule has 0 atom stereocenters. The first-order chi connectivity index (χ1) is 9.29. The van der Waals surface area contributed by atoms with Gasteiger partial charge in [0.05, 0.1) is 21.3 Å². The SMILES string of the molecule is Cc1cc(N)c(Cl)cc1NS(=O)(=O)c1ccc(F)cc1. The lowest BCUT2D eigenvalue weighted by Gasteiger charge is -2.12. The van der Waals surface area contributed by atoms with Gasteiger partial charge in [0.1, 0.15) is 5.82 Å². The number of nitrogens with two attached hydrogens (primary N) is 1. The van der Waals surface area contributed by atoms with E-state index in [9.17, 15) is 12.8 Å². The maximum Gasteiger partial charge on any atom is 0.261 e. The van der Waals surface area contributed by atoms with Gasteiger partial charge in [0.2, 0.25) is 0 Å². The van der Waals surface area contributed by atoms with E-state index in [1.165, 1.54) is 18.2 Å². The highest BCUT2D eigenvalue weighted by Gasteiger charge is 2.16. The van der Waals surface area contributed by atoms with Crippen molar-refractivity contribution in [1.82, 2.24) is 0 Å². The van der Waals surface area contributed by atoms with E-state index >= 15 is 0 Å². The molecule has 0 amide bonds. The predicted molar refractivity (Wildman–Crippen MR) is 77.8 cm³/mol. The summed E-state index contributed by atoms with van der Waals surface area (Å²) in [5.74, 6) is -0.504. The van der Waals surface area contributed by atoms with Crippen LogP contribution < -0.4 is 10.5 Å². The van der Waals surface area contributed by atoms with Crippen LogP contribution in [0.3, 0.4) is 0 Å². The largest absolute Gasteiger partial charge is 0.398 e. The number of halogens is 2. The Morgan fingerprint density at radius 3 is 2.40 bits per heavy atom. The van der Waals surface area contributed by atoms with Crippen LogP contribution in [-0.2, 0) is 10.0 Å². The van der Waals surface area contributed by atoms with Gasteiger partial charge < -0.3 is 5.73 Å². The van der Waals surface area contributed by atoms with Crippen LogP contribution in [0.25, 0.3) is 0 Å². The second-order valence-electron chi connectivity index (χ2n) is 4.25. The monoisotopic (exact) mass is 314 g/mol. The topological polar surface area (TPSA) is 72.2 Å². The van der Waals surface area contributed by atoms with Crippen LogP contribution in [0.15, 0.2) is 41.3 Å². The number of nitrogen functional groups attached to an aromatic ring is 1. The number of sulfonamides is 1. The van der Waals surface area contributed by atoms with E-state index in [-0.39, 0.29) is 9.92 Å². The third-order valence-corrected chi connectivity index (χ3v) is 4.42. The van der Waals surface area contributed by atoms with E-state index in [2.05, 4.69) is 4.72 Å². The summed E-state index contributed by atoms with van der Waals surface area (Å²) in [6, 6.07) is 7.55. The van der Waals surface area contributed by atoms with E-state index < -0.39 is 15.8 Å². The molecule has 7 heteroatoms. The van der Waals surface area contributed by atoms with Gasteiger partial charge in [-0.2, -0.15) is 0 Å². The van der Waals surface area contributed by atoms with Gasteiger partial charge in [0, 0.05) is 0 Å². The maximum absolute atomic E-state index is 12.8. The number of hydrogen-bond acceptors (Lipinski definition) is 3. The second-order valence-corrected chi connectivity index (χ2v) is 6.34. The summed E-state index contributed by atoms with van der Waals surface area (Å²) < 4.78 is 39.5. The molecule has 0 radical (unpaired) electrons. The first-order valence-electron chi connectivity index (χ1n) is 5.63. The quantitative estimate of drug-likeness (QED) is 0.855. The first kappa shape index (κ1) is 14.6. The fourth-order valence-corrected chi connectivity index (χ4v) is 2.92. The van der Waals surface area contributed by atoms with Crippen molar-refractivity contribution in [2.75, 3.05) is 10.5 Å². The van der Waals surface area contributed by atoms with Crippen LogP contribution in [0.5, 0.6) is 0 Å². The molecule has 0 aliphatic carbocycles. The molecule has 0 unspecified atom stereocenters. The van der Waals surface area contributed by atoms with Crippen molar-refractivity contribution in [3.8, 4) is 0 Å². The van der Waals surface area contributed by atoms with Crippen LogP contribution in [0.1, 0.15) is 5.56 Å². The molecule has 3 N–H and O–H groups in total. The number of hydrogen-bond donors (Lipinski definition) is 2. The van der Waals surface area contributed by atoms with Crippen molar-refractivity contribution in [3.05, 3.63) is 52.8 Å². The Morgan fingerprint density at radius 2 is 1.80 bits per heavy atom. The van der Waals surface area contributed by atoms with E-state index in [1.54, 1.807) is 13.0 Å². The van der Waals surface area contributed by atoms with Crippen LogP contribution in [0, 0.1) is 12.7 Å². The van der Waals surface area contributed by atoms with Crippen LogP contribution in [-0.4, -0.2) is 8.42 Å². The van der Waals surface area contributed by atoms with Gasteiger partial charge in [0.15, 0.2) is 0 Å². The molecule has 106 valence electrons. The average Bonchev–Trinajstić information content (AvgIpc) is 2.36. The van der Waals surface area contributed by atoms with Gasteiger partial charge in [-0.25, -0.2) is 12.8 Å². The van der Waals surface area contributed by atoms with E-state index in [1.807, 2.05) is 0 Å². The maximum atomic E-state index is 12.8. The smallest absolute Gasteiger partial charge is 0.261 e. The van der Waals surface area contributed by atoms with Crippen molar-refractivity contribution < 1.29 is 12.8 Å². The van der Waals surface area contributed by atoms with Crippen LogP contribution in [0.4, 0.5) is 15.8 Å². The Balaban J connectivity index is 2.38. The molecule has 20 heavy (non-hydrogen) atoms. The van der Waals surface area contributed by atoms with Crippen molar-refractivity contribution >= 4 is 33.0 Å². The molecule has 0 bridgehead atoms. The minimum atomic E-state index is -3.80. The highest BCUT2D eigenvalue weighted by molar-refractivity contribution is 7.92. The summed E-state index contributed by atoms with van der Waals surface area (Å²) in [7, 11) is -3.80. The number of nitrogens with one attached hydrogen (secondary N) is 1. The molecule has 0 aromatic heterocycles. The molecule has 0 saturated carbocycles. The Labute approximate surface area is 121 Å². The van der Waals surface area contributed by atoms with Crippen molar-refractivity contribution in [3.63, 3.8) is 0 Å². The molecule has 0 fully saturated rings. The zero-order valence-corrected chi connectivity index (χ0v) is 12.1. The lowest BCUT2D eigenvalue weighted by molar-refractivity contribution is 0.599. The molecule has 0 aliphatic rings. The van der Waals surface area contributed by atoms with Gasteiger partial charge >= 0.3 is 0 Å². The predicted octanol–water partition coefficient (Wildman–Crippen LogP) is 3.17. The second kappa shape index (κ2) is 5.30. The Kier molecular flexibility index (Phi) is 3.87. The van der Waals surface area contributed by atoms with E-state index in [0.717, 1.165) is 12.1 Å². The number of aryl methyl sites for hydroxylation is 1. The molecule has 2 aromatic carbocycles. The third-order valence-electron chi connectivity index (χ3n) is 2.71. The molecule has 4 nitrogen and oxygen atoms in total.